The monoisotopic (exact) mass is 273 g/mol. The Labute approximate surface area is 118 Å². The Hall–Kier alpha value is -2.30. The molecule has 0 aliphatic heterocycles. The molecule has 5 heteroatoms. The fourth-order valence-corrected chi connectivity index (χ4v) is 2.21. The number of rotatable bonds is 5. The van der Waals surface area contributed by atoms with E-state index in [0.717, 1.165) is 17.3 Å². The van der Waals surface area contributed by atoms with Gasteiger partial charge in [0.2, 0.25) is 5.91 Å². The number of amides is 2. The summed E-state index contributed by atoms with van der Waals surface area (Å²) in [6.45, 7) is 2.63. The SMILES string of the molecule is CCCN(CC(=O)NC)C(=O)c1cccc2cc[nH]c12. The van der Waals surface area contributed by atoms with Crippen LogP contribution in [-0.2, 0) is 4.79 Å². The number of aromatic nitrogens is 1. The number of H-pyrrole nitrogens is 1. The molecular weight excluding hydrogens is 254 g/mol. The fraction of sp³-hybridized carbons (Fsp3) is 0.333. The van der Waals surface area contributed by atoms with Gasteiger partial charge < -0.3 is 15.2 Å². The predicted octanol–water partition coefficient (Wildman–Crippen LogP) is 1.77. The van der Waals surface area contributed by atoms with Gasteiger partial charge in [-0.15, -0.1) is 0 Å². The highest BCUT2D eigenvalue weighted by molar-refractivity contribution is 6.06. The number of carbonyl (C=O) groups excluding carboxylic acids is 2. The van der Waals surface area contributed by atoms with Crippen molar-refractivity contribution in [2.24, 2.45) is 0 Å². The molecule has 2 aromatic rings. The van der Waals surface area contributed by atoms with Crippen molar-refractivity contribution in [3.05, 3.63) is 36.0 Å². The molecule has 0 fully saturated rings. The number of likely N-dealkylation sites (N-methyl/N-ethyl adjacent to an activating group) is 1. The van der Waals surface area contributed by atoms with Crippen LogP contribution in [-0.4, -0.2) is 41.8 Å². The summed E-state index contributed by atoms with van der Waals surface area (Å²) in [6, 6.07) is 7.52. The molecule has 0 bridgehead atoms. The lowest BCUT2D eigenvalue weighted by Crippen LogP contribution is -2.40. The minimum absolute atomic E-state index is 0.0836. The molecule has 5 nitrogen and oxygen atoms in total. The molecule has 1 heterocycles. The first-order valence-electron chi connectivity index (χ1n) is 6.73. The number of hydrogen-bond donors (Lipinski definition) is 2. The maximum Gasteiger partial charge on any atom is 0.256 e. The third kappa shape index (κ3) is 2.82. The summed E-state index contributed by atoms with van der Waals surface area (Å²) in [5, 5.41) is 3.54. The first-order chi connectivity index (χ1) is 9.67. The second-order valence-corrected chi connectivity index (χ2v) is 4.65. The molecule has 2 N–H and O–H groups in total. The largest absolute Gasteiger partial charge is 0.361 e. The van der Waals surface area contributed by atoms with Crippen LogP contribution in [0.3, 0.4) is 0 Å². The number of para-hydroxylation sites is 1. The lowest BCUT2D eigenvalue weighted by atomic mass is 10.1. The number of nitrogens with zero attached hydrogens (tertiary/aromatic N) is 1. The standard InChI is InChI=1S/C15H19N3O2/c1-3-9-18(10-13(19)16-2)15(20)12-6-4-5-11-7-8-17-14(11)12/h4-8,17H,3,9-10H2,1-2H3,(H,16,19). The molecule has 0 saturated carbocycles. The number of nitrogens with one attached hydrogen (secondary N) is 2. The summed E-state index contributed by atoms with van der Waals surface area (Å²) in [5.41, 5.74) is 1.42. The number of benzene rings is 1. The van der Waals surface area contributed by atoms with E-state index in [1.54, 1.807) is 18.0 Å². The summed E-state index contributed by atoms with van der Waals surface area (Å²) in [6.07, 6.45) is 2.62. The van der Waals surface area contributed by atoms with Gasteiger partial charge in [-0.25, -0.2) is 0 Å². The van der Waals surface area contributed by atoms with Crippen LogP contribution in [0, 0.1) is 0 Å². The van der Waals surface area contributed by atoms with Gasteiger partial charge in [0, 0.05) is 25.2 Å². The van der Waals surface area contributed by atoms with Gasteiger partial charge in [0.15, 0.2) is 0 Å². The van der Waals surface area contributed by atoms with Crippen LogP contribution in [0.1, 0.15) is 23.7 Å². The summed E-state index contributed by atoms with van der Waals surface area (Å²) >= 11 is 0. The molecule has 1 aromatic heterocycles. The highest BCUT2D eigenvalue weighted by Gasteiger charge is 2.19. The van der Waals surface area contributed by atoms with Gasteiger partial charge in [0.05, 0.1) is 17.6 Å². The van der Waals surface area contributed by atoms with Crippen LogP contribution in [0.15, 0.2) is 30.5 Å². The number of hydrogen-bond acceptors (Lipinski definition) is 2. The van der Waals surface area contributed by atoms with E-state index in [0.29, 0.717) is 12.1 Å². The predicted molar refractivity (Wildman–Crippen MR) is 78.6 cm³/mol. The summed E-state index contributed by atoms with van der Waals surface area (Å²) in [5.74, 6) is -0.283. The lowest BCUT2D eigenvalue weighted by molar-refractivity contribution is -0.121. The minimum atomic E-state index is -0.162. The van der Waals surface area contributed by atoms with E-state index >= 15 is 0 Å². The van der Waals surface area contributed by atoms with Gasteiger partial charge in [-0.1, -0.05) is 19.1 Å². The van der Waals surface area contributed by atoms with Gasteiger partial charge in [0.25, 0.3) is 5.91 Å². The molecule has 0 radical (unpaired) electrons. The van der Waals surface area contributed by atoms with Crippen LogP contribution in [0.4, 0.5) is 0 Å². The fourth-order valence-electron chi connectivity index (χ4n) is 2.21. The Bertz CT molecular complexity index is 618. The van der Waals surface area contributed by atoms with E-state index < -0.39 is 0 Å². The minimum Gasteiger partial charge on any atom is -0.361 e. The Morgan fingerprint density at radius 3 is 2.80 bits per heavy atom. The molecule has 0 unspecified atom stereocenters. The Kier molecular flexibility index (Phi) is 4.40. The summed E-state index contributed by atoms with van der Waals surface area (Å²) in [4.78, 5) is 28.8. The van der Waals surface area contributed by atoms with E-state index in [-0.39, 0.29) is 18.4 Å². The van der Waals surface area contributed by atoms with Crippen molar-refractivity contribution in [1.82, 2.24) is 15.2 Å². The first kappa shape index (κ1) is 14.1. The third-order valence-corrected chi connectivity index (χ3v) is 3.21. The molecule has 0 aliphatic carbocycles. The first-order valence-corrected chi connectivity index (χ1v) is 6.73. The van der Waals surface area contributed by atoms with Crippen molar-refractivity contribution in [3.8, 4) is 0 Å². The highest BCUT2D eigenvalue weighted by Crippen LogP contribution is 2.18. The molecule has 106 valence electrons. The smallest absolute Gasteiger partial charge is 0.256 e. The molecular formula is C15H19N3O2. The Morgan fingerprint density at radius 2 is 2.10 bits per heavy atom. The van der Waals surface area contributed by atoms with Gasteiger partial charge in [-0.05, 0) is 18.6 Å². The number of fused-ring (bicyclic) bond motifs is 1. The average molecular weight is 273 g/mol. The quantitative estimate of drug-likeness (QED) is 0.872. The van der Waals surface area contributed by atoms with Crippen molar-refractivity contribution < 1.29 is 9.59 Å². The zero-order valence-electron chi connectivity index (χ0n) is 11.8. The van der Waals surface area contributed by atoms with Crippen molar-refractivity contribution in [1.29, 1.82) is 0 Å². The van der Waals surface area contributed by atoms with E-state index in [1.165, 1.54) is 0 Å². The van der Waals surface area contributed by atoms with Crippen molar-refractivity contribution in [3.63, 3.8) is 0 Å². The zero-order chi connectivity index (χ0) is 14.5. The average Bonchev–Trinajstić information content (AvgIpc) is 2.94. The Balaban J connectivity index is 2.31. The van der Waals surface area contributed by atoms with Crippen molar-refractivity contribution >= 4 is 22.7 Å². The molecule has 1 aromatic carbocycles. The van der Waals surface area contributed by atoms with Crippen LogP contribution in [0.5, 0.6) is 0 Å². The highest BCUT2D eigenvalue weighted by atomic mass is 16.2. The molecule has 0 aliphatic rings. The van der Waals surface area contributed by atoms with Gasteiger partial charge >= 0.3 is 0 Å². The zero-order valence-corrected chi connectivity index (χ0v) is 11.8. The van der Waals surface area contributed by atoms with Gasteiger partial charge in [-0.2, -0.15) is 0 Å². The van der Waals surface area contributed by atoms with E-state index in [2.05, 4.69) is 10.3 Å². The normalized spacial score (nSPS) is 10.5. The topological polar surface area (TPSA) is 65.2 Å². The molecule has 0 saturated heterocycles. The maximum atomic E-state index is 12.6. The van der Waals surface area contributed by atoms with E-state index in [9.17, 15) is 9.59 Å². The third-order valence-electron chi connectivity index (χ3n) is 3.21. The molecule has 2 amide bonds. The van der Waals surface area contributed by atoms with Crippen LogP contribution in [0.25, 0.3) is 10.9 Å². The second-order valence-electron chi connectivity index (χ2n) is 4.65. The van der Waals surface area contributed by atoms with E-state index in [4.69, 9.17) is 0 Å². The summed E-state index contributed by atoms with van der Waals surface area (Å²) < 4.78 is 0. The summed E-state index contributed by atoms with van der Waals surface area (Å²) in [7, 11) is 1.57. The van der Waals surface area contributed by atoms with Crippen LogP contribution in [0.2, 0.25) is 0 Å². The second kappa shape index (κ2) is 6.23. The van der Waals surface area contributed by atoms with Gasteiger partial charge in [0.1, 0.15) is 0 Å². The molecule has 20 heavy (non-hydrogen) atoms. The van der Waals surface area contributed by atoms with Crippen LogP contribution >= 0.6 is 0 Å². The number of carbonyl (C=O) groups is 2. The maximum absolute atomic E-state index is 12.6. The molecule has 0 spiro atoms. The molecule has 0 atom stereocenters. The van der Waals surface area contributed by atoms with Gasteiger partial charge in [-0.3, -0.25) is 9.59 Å². The number of aromatic amines is 1. The van der Waals surface area contributed by atoms with Crippen molar-refractivity contribution in [2.45, 2.75) is 13.3 Å². The molecule has 2 rings (SSSR count). The van der Waals surface area contributed by atoms with Crippen LogP contribution < -0.4 is 5.32 Å². The Morgan fingerprint density at radius 1 is 1.30 bits per heavy atom. The lowest BCUT2D eigenvalue weighted by Gasteiger charge is -2.21. The van der Waals surface area contributed by atoms with Crippen molar-refractivity contribution in [2.75, 3.05) is 20.1 Å². The van der Waals surface area contributed by atoms with E-state index in [1.807, 2.05) is 31.3 Å².